The Labute approximate surface area is 161 Å². The van der Waals surface area contributed by atoms with Crippen LogP contribution in [0.1, 0.15) is 24.1 Å². The lowest BCUT2D eigenvalue weighted by atomic mass is 10.1. The van der Waals surface area contributed by atoms with E-state index >= 15 is 0 Å². The van der Waals surface area contributed by atoms with Crippen molar-refractivity contribution in [2.75, 3.05) is 21.3 Å². The second-order valence-corrected chi connectivity index (χ2v) is 6.56. The molecule has 2 N–H and O–H groups in total. The highest BCUT2D eigenvalue weighted by Crippen LogP contribution is 2.23. The maximum absolute atomic E-state index is 13.9. The fourth-order valence-electron chi connectivity index (χ4n) is 2.50. The molecule has 0 aliphatic rings. The van der Waals surface area contributed by atoms with Crippen LogP contribution in [0.5, 0.6) is 11.5 Å². The summed E-state index contributed by atoms with van der Waals surface area (Å²) in [5.41, 5.74) is 1.79. The first-order chi connectivity index (χ1) is 12.5. The highest BCUT2D eigenvalue weighted by atomic mass is 79.9. The number of hydrogen-bond donors (Lipinski definition) is 2. The van der Waals surface area contributed by atoms with Gasteiger partial charge in [-0.15, -0.1) is 0 Å². The Hall–Kier alpha value is -2.28. The van der Waals surface area contributed by atoms with Gasteiger partial charge >= 0.3 is 0 Å². The lowest BCUT2D eigenvalue weighted by Crippen LogP contribution is -2.38. The number of nitrogens with zero attached hydrogens (tertiary/aromatic N) is 1. The van der Waals surface area contributed by atoms with Crippen LogP contribution in [0.15, 0.2) is 45.9 Å². The molecule has 0 spiro atoms. The van der Waals surface area contributed by atoms with E-state index in [2.05, 4.69) is 31.6 Å². The summed E-state index contributed by atoms with van der Waals surface area (Å²) in [7, 11) is 4.77. The Balaban J connectivity index is 2.03. The Morgan fingerprint density at radius 2 is 1.85 bits per heavy atom. The fraction of sp³-hybridized carbons (Fsp3) is 0.316. The lowest BCUT2D eigenvalue weighted by Gasteiger charge is -2.19. The number of guanidine groups is 1. The van der Waals surface area contributed by atoms with Gasteiger partial charge in [-0.3, -0.25) is 4.99 Å². The van der Waals surface area contributed by atoms with Crippen molar-refractivity contribution in [2.45, 2.75) is 19.5 Å². The molecule has 2 aromatic carbocycles. The zero-order valence-electron chi connectivity index (χ0n) is 15.3. The van der Waals surface area contributed by atoms with Gasteiger partial charge in [0.1, 0.15) is 5.75 Å². The predicted molar refractivity (Wildman–Crippen MR) is 105 cm³/mol. The molecular formula is C19H23BrFN3O2. The number of aliphatic imine (C=N–C) groups is 1. The molecule has 0 aliphatic carbocycles. The number of halogens is 2. The minimum atomic E-state index is -0.388. The van der Waals surface area contributed by atoms with Crippen LogP contribution < -0.4 is 20.1 Å². The molecule has 0 bridgehead atoms. The van der Waals surface area contributed by atoms with Crippen molar-refractivity contribution in [3.8, 4) is 11.5 Å². The molecule has 0 radical (unpaired) electrons. The minimum absolute atomic E-state index is 0.133. The van der Waals surface area contributed by atoms with E-state index in [0.29, 0.717) is 12.5 Å². The molecule has 2 rings (SSSR count). The lowest BCUT2D eigenvalue weighted by molar-refractivity contribution is 0.386. The van der Waals surface area contributed by atoms with Crippen LogP contribution in [-0.2, 0) is 6.54 Å². The molecule has 0 saturated heterocycles. The number of benzene rings is 2. The van der Waals surface area contributed by atoms with Crippen molar-refractivity contribution in [1.29, 1.82) is 0 Å². The van der Waals surface area contributed by atoms with Crippen molar-refractivity contribution < 1.29 is 13.9 Å². The van der Waals surface area contributed by atoms with E-state index in [0.717, 1.165) is 21.3 Å². The van der Waals surface area contributed by atoms with Gasteiger partial charge in [0, 0.05) is 23.6 Å². The third-order valence-electron chi connectivity index (χ3n) is 3.94. The summed E-state index contributed by atoms with van der Waals surface area (Å²) in [5, 5.41) is 6.49. The van der Waals surface area contributed by atoms with E-state index in [-0.39, 0.29) is 17.6 Å². The van der Waals surface area contributed by atoms with E-state index in [1.165, 1.54) is 13.2 Å². The van der Waals surface area contributed by atoms with Gasteiger partial charge in [-0.05, 0) is 42.8 Å². The summed E-state index contributed by atoms with van der Waals surface area (Å²) in [6.45, 7) is 2.47. The maximum atomic E-state index is 13.9. The van der Waals surface area contributed by atoms with Crippen molar-refractivity contribution in [3.63, 3.8) is 0 Å². The normalized spacial score (nSPS) is 12.5. The average Bonchev–Trinajstić information content (AvgIpc) is 2.64. The molecule has 26 heavy (non-hydrogen) atoms. The SMILES string of the molecule is CN=C(NCc1cc(Br)ccc1OC)NC(C)c1ccc(OC)c(F)c1. The monoisotopic (exact) mass is 423 g/mol. The average molecular weight is 424 g/mol. The minimum Gasteiger partial charge on any atom is -0.496 e. The van der Waals surface area contributed by atoms with E-state index < -0.39 is 0 Å². The van der Waals surface area contributed by atoms with Gasteiger partial charge in [-0.2, -0.15) is 0 Å². The Morgan fingerprint density at radius 1 is 1.15 bits per heavy atom. The largest absolute Gasteiger partial charge is 0.496 e. The molecule has 0 fully saturated rings. The van der Waals surface area contributed by atoms with E-state index in [4.69, 9.17) is 9.47 Å². The topological polar surface area (TPSA) is 54.9 Å². The van der Waals surface area contributed by atoms with Crippen LogP contribution in [-0.4, -0.2) is 27.2 Å². The van der Waals surface area contributed by atoms with Crippen LogP contribution in [0, 0.1) is 5.82 Å². The van der Waals surface area contributed by atoms with Crippen LogP contribution in [0.3, 0.4) is 0 Å². The number of methoxy groups -OCH3 is 2. The van der Waals surface area contributed by atoms with Crippen molar-refractivity contribution >= 4 is 21.9 Å². The number of hydrogen-bond acceptors (Lipinski definition) is 3. The van der Waals surface area contributed by atoms with E-state index in [9.17, 15) is 4.39 Å². The highest BCUT2D eigenvalue weighted by molar-refractivity contribution is 9.10. The van der Waals surface area contributed by atoms with Gasteiger partial charge in [0.25, 0.3) is 0 Å². The fourth-order valence-corrected chi connectivity index (χ4v) is 2.91. The smallest absolute Gasteiger partial charge is 0.191 e. The van der Waals surface area contributed by atoms with E-state index in [1.807, 2.05) is 31.2 Å². The van der Waals surface area contributed by atoms with Crippen LogP contribution in [0.25, 0.3) is 0 Å². The third-order valence-corrected chi connectivity index (χ3v) is 4.43. The number of ether oxygens (including phenoxy) is 2. The number of rotatable bonds is 6. The van der Waals surface area contributed by atoms with Gasteiger partial charge in [0.2, 0.25) is 0 Å². The molecule has 0 heterocycles. The standard InChI is InChI=1S/C19H23BrFN3O2/c1-12(13-5-7-18(26-4)16(21)10-13)24-19(22-2)23-11-14-9-15(20)6-8-17(14)25-3/h5-10,12H,11H2,1-4H3,(H2,22,23,24). The van der Waals surface area contributed by atoms with Gasteiger partial charge in [0.05, 0.1) is 20.3 Å². The first-order valence-corrected chi connectivity index (χ1v) is 8.90. The van der Waals surface area contributed by atoms with Crippen molar-refractivity contribution in [2.24, 2.45) is 4.99 Å². The molecular weight excluding hydrogens is 401 g/mol. The quantitative estimate of drug-likeness (QED) is 0.543. The molecule has 2 aromatic rings. The van der Waals surface area contributed by atoms with Crippen molar-refractivity contribution in [1.82, 2.24) is 10.6 Å². The zero-order chi connectivity index (χ0) is 19.1. The van der Waals surface area contributed by atoms with Gasteiger partial charge in [-0.1, -0.05) is 22.0 Å². The zero-order valence-corrected chi connectivity index (χ0v) is 16.9. The molecule has 7 heteroatoms. The second-order valence-electron chi connectivity index (χ2n) is 5.64. The van der Waals surface area contributed by atoms with Crippen LogP contribution in [0.4, 0.5) is 4.39 Å². The number of nitrogens with one attached hydrogen (secondary N) is 2. The van der Waals surface area contributed by atoms with E-state index in [1.54, 1.807) is 20.2 Å². The van der Waals surface area contributed by atoms with Crippen molar-refractivity contribution in [3.05, 3.63) is 57.8 Å². The molecule has 0 amide bonds. The van der Waals surface area contributed by atoms with Crippen LogP contribution in [0.2, 0.25) is 0 Å². The molecule has 1 unspecified atom stereocenters. The molecule has 0 aliphatic heterocycles. The summed E-state index contributed by atoms with van der Waals surface area (Å²) >= 11 is 3.46. The predicted octanol–water partition coefficient (Wildman–Crippen LogP) is 4.03. The summed E-state index contributed by atoms with van der Waals surface area (Å²) in [6, 6.07) is 10.6. The summed E-state index contributed by atoms with van der Waals surface area (Å²) in [4.78, 5) is 4.23. The molecule has 140 valence electrons. The maximum Gasteiger partial charge on any atom is 0.191 e. The molecule has 1 atom stereocenters. The Bertz CT molecular complexity index is 783. The second kappa shape index (κ2) is 9.43. The molecule has 0 saturated carbocycles. The van der Waals surface area contributed by atoms with Gasteiger partial charge < -0.3 is 20.1 Å². The molecule has 0 aromatic heterocycles. The summed E-state index contributed by atoms with van der Waals surface area (Å²) < 4.78 is 25.2. The molecule has 5 nitrogen and oxygen atoms in total. The summed E-state index contributed by atoms with van der Waals surface area (Å²) in [5.74, 6) is 1.24. The first-order valence-electron chi connectivity index (χ1n) is 8.11. The van der Waals surface area contributed by atoms with Crippen LogP contribution >= 0.6 is 15.9 Å². The highest BCUT2D eigenvalue weighted by Gasteiger charge is 2.12. The Morgan fingerprint density at radius 3 is 2.46 bits per heavy atom. The summed E-state index contributed by atoms with van der Waals surface area (Å²) in [6.07, 6.45) is 0. The Kier molecular flexibility index (Phi) is 7.26. The first kappa shape index (κ1) is 20.0. The van der Waals surface area contributed by atoms with Gasteiger partial charge in [-0.25, -0.2) is 4.39 Å². The third kappa shape index (κ3) is 5.11. The van der Waals surface area contributed by atoms with Gasteiger partial charge in [0.15, 0.2) is 17.5 Å².